The van der Waals surface area contributed by atoms with E-state index in [2.05, 4.69) is 59.7 Å². The van der Waals surface area contributed by atoms with Crippen LogP contribution in [0.5, 0.6) is 0 Å². The standard InChI is InChI=1S/C26H41NO2/c1-16(27(6)7)21-17(28)14-24(5)19-9-8-18-22(2,3)20(29)10-11-25(18)15-26(19,25)13-12-23(21,24)4/h10-11,16-19,21,28H,8-9,12-15H2,1-7H3/t16?,17?,18?,19?,21?,23-,24+,25-,26+/m1/s1. The molecule has 4 fully saturated rings. The zero-order valence-corrected chi connectivity index (χ0v) is 19.6. The third kappa shape index (κ3) is 2.06. The van der Waals surface area contributed by atoms with Crippen LogP contribution < -0.4 is 0 Å². The highest BCUT2D eigenvalue weighted by molar-refractivity contribution is 5.96. The Balaban J connectivity index is 1.56. The van der Waals surface area contributed by atoms with Crippen LogP contribution in [0, 0.1) is 44.8 Å². The highest BCUT2D eigenvalue weighted by Crippen LogP contribution is 2.87. The number of nitrogens with zero attached hydrogens (tertiary/aromatic N) is 1. The van der Waals surface area contributed by atoms with Gasteiger partial charge in [-0.1, -0.05) is 33.8 Å². The number of ketones is 1. The predicted molar refractivity (Wildman–Crippen MR) is 116 cm³/mol. The third-order valence-electron chi connectivity index (χ3n) is 11.8. The van der Waals surface area contributed by atoms with Gasteiger partial charge in [-0.2, -0.15) is 0 Å². The molecule has 4 saturated carbocycles. The van der Waals surface area contributed by atoms with E-state index in [1.807, 2.05) is 6.08 Å². The van der Waals surface area contributed by atoms with Gasteiger partial charge >= 0.3 is 0 Å². The second kappa shape index (κ2) is 5.57. The Labute approximate surface area is 177 Å². The molecule has 0 heterocycles. The number of fused-ring (bicyclic) bond motifs is 2. The van der Waals surface area contributed by atoms with Gasteiger partial charge in [-0.15, -0.1) is 0 Å². The van der Waals surface area contributed by atoms with Crippen LogP contribution in [0.1, 0.15) is 73.1 Å². The Morgan fingerprint density at radius 2 is 1.72 bits per heavy atom. The molecule has 0 amide bonds. The number of carbonyl (C=O) groups excluding carboxylic acids is 1. The highest BCUT2D eigenvalue weighted by atomic mass is 16.3. The number of hydrogen-bond donors (Lipinski definition) is 1. The number of hydrogen-bond acceptors (Lipinski definition) is 3. The average molecular weight is 400 g/mol. The first-order chi connectivity index (χ1) is 13.4. The molecule has 0 saturated heterocycles. The predicted octanol–water partition coefficient (Wildman–Crippen LogP) is 4.69. The molecular formula is C26H41NO2. The summed E-state index contributed by atoms with van der Waals surface area (Å²) < 4.78 is 0. The molecule has 0 aliphatic heterocycles. The summed E-state index contributed by atoms with van der Waals surface area (Å²) in [5.41, 5.74) is 0.768. The summed E-state index contributed by atoms with van der Waals surface area (Å²) in [5.74, 6) is 1.84. The molecule has 0 aromatic carbocycles. The summed E-state index contributed by atoms with van der Waals surface area (Å²) in [6.07, 6.45) is 11.2. The number of rotatable bonds is 2. The van der Waals surface area contributed by atoms with Crippen LogP contribution in [0.2, 0.25) is 0 Å². The van der Waals surface area contributed by atoms with E-state index in [1.54, 1.807) is 0 Å². The molecule has 2 spiro atoms. The second-order valence-electron chi connectivity index (χ2n) is 12.8. The summed E-state index contributed by atoms with van der Waals surface area (Å²) in [7, 11) is 4.32. The van der Waals surface area contributed by atoms with Gasteiger partial charge in [-0.25, -0.2) is 0 Å². The van der Waals surface area contributed by atoms with Gasteiger partial charge in [0.05, 0.1) is 6.10 Å². The van der Waals surface area contributed by atoms with E-state index >= 15 is 0 Å². The lowest BCUT2D eigenvalue weighted by atomic mass is 9.42. The topological polar surface area (TPSA) is 40.5 Å². The van der Waals surface area contributed by atoms with Crippen molar-refractivity contribution in [3.63, 3.8) is 0 Å². The number of aliphatic hydroxyl groups is 1. The van der Waals surface area contributed by atoms with Crippen LogP contribution in [0.15, 0.2) is 12.2 Å². The van der Waals surface area contributed by atoms with Crippen molar-refractivity contribution >= 4 is 5.78 Å². The maximum Gasteiger partial charge on any atom is 0.161 e. The molecule has 5 aliphatic carbocycles. The van der Waals surface area contributed by atoms with Crippen molar-refractivity contribution in [3.05, 3.63) is 12.2 Å². The fraction of sp³-hybridized carbons (Fsp3) is 0.885. The summed E-state index contributed by atoms with van der Waals surface area (Å²) in [6.45, 7) is 11.7. The van der Waals surface area contributed by atoms with Crippen LogP contribution in [0.3, 0.4) is 0 Å². The van der Waals surface area contributed by atoms with Gasteiger partial charge in [0.25, 0.3) is 0 Å². The van der Waals surface area contributed by atoms with E-state index < -0.39 is 0 Å². The summed E-state index contributed by atoms with van der Waals surface area (Å²) in [5, 5.41) is 11.3. The first-order valence-electron chi connectivity index (χ1n) is 12.0. The van der Waals surface area contributed by atoms with Crippen molar-refractivity contribution < 1.29 is 9.90 Å². The lowest BCUT2D eigenvalue weighted by Gasteiger charge is -2.62. The third-order valence-corrected chi connectivity index (χ3v) is 11.8. The minimum atomic E-state index is -0.220. The largest absolute Gasteiger partial charge is 0.393 e. The van der Waals surface area contributed by atoms with Crippen molar-refractivity contribution in [1.82, 2.24) is 4.90 Å². The molecule has 0 radical (unpaired) electrons. The molecule has 1 N–H and O–H groups in total. The van der Waals surface area contributed by atoms with E-state index in [0.29, 0.717) is 35.0 Å². The van der Waals surface area contributed by atoms with Gasteiger partial charge in [0.1, 0.15) is 0 Å². The van der Waals surface area contributed by atoms with Crippen LogP contribution in [-0.2, 0) is 4.79 Å². The fourth-order valence-corrected chi connectivity index (χ4v) is 9.89. The smallest absolute Gasteiger partial charge is 0.161 e. The van der Waals surface area contributed by atoms with E-state index in [9.17, 15) is 9.90 Å². The SMILES string of the molecule is CC(C1C(O)C[C@@]2(C)C3CCC4C(C)(C)C(=O)C=C[C@@]45C[C@@]35CC[C@]12C)N(C)C. The molecule has 5 aliphatic rings. The molecule has 29 heavy (non-hydrogen) atoms. The molecule has 0 aromatic heterocycles. The highest BCUT2D eigenvalue weighted by Gasteiger charge is 2.82. The molecule has 3 heteroatoms. The Kier molecular flexibility index (Phi) is 3.89. The van der Waals surface area contributed by atoms with Crippen molar-refractivity contribution in [1.29, 1.82) is 0 Å². The second-order valence-corrected chi connectivity index (χ2v) is 12.8. The van der Waals surface area contributed by atoms with E-state index in [-0.39, 0.29) is 27.8 Å². The van der Waals surface area contributed by atoms with E-state index in [0.717, 1.165) is 6.42 Å². The van der Waals surface area contributed by atoms with Crippen LogP contribution in [0.25, 0.3) is 0 Å². The van der Waals surface area contributed by atoms with Gasteiger partial charge in [0.2, 0.25) is 0 Å². The minimum Gasteiger partial charge on any atom is -0.393 e. The van der Waals surface area contributed by atoms with E-state index in [4.69, 9.17) is 0 Å². The van der Waals surface area contributed by atoms with Crippen LogP contribution >= 0.6 is 0 Å². The first kappa shape index (κ1) is 20.2. The van der Waals surface area contributed by atoms with Crippen molar-refractivity contribution in [2.24, 2.45) is 44.8 Å². The Morgan fingerprint density at radius 1 is 1.07 bits per heavy atom. The molecule has 0 aromatic rings. The normalized spacial score (nSPS) is 55.7. The maximum atomic E-state index is 12.7. The molecular weight excluding hydrogens is 358 g/mol. The molecule has 3 nitrogen and oxygen atoms in total. The number of aliphatic hydroxyl groups excluding tert-OH is 1. The summed E-state index contributed by atoms with van der Waals surface area (Å²) in [6, 6.07) is 0.390. The molecule has 5 unspecified atom stereocenters. The Hall–Kier alpha value is -0.670. The molecule has 0 bridgehead atoms. The van der Waals surface area contributed by atoms with Crippen molar-refractivity contribution in [2.45, 2.75) is 85.3 Å². The quantitative estimate of drug-likeness (QED) is 0.732. The van der Waals surface area contributed by atoms with Gasteiger partial charge < -0.3 is 10.0 Å². The van der Waals surface area contributed by atoms with Gasteiger partial charge in [0.15, 0.2) is 5.78 Å². The maximum absolute atomic E-state index is 12.7. The van der Waals surface area contributed by atoms with Crippen LogP contribution in [0.4, 0.5) is 0 Å². The fourth-order valence-electron chi connectivity index (χ4n) is 9.89. The van der Waals surface area contributed by atoms with Crippen molar-refractivity contribution in [2.75, 3.05) is 14.1 Å². The lowest BCUT2D eigenvalue weighted by molar-refractivity contribution is -0.142. The molecule has 5 rings (SSSR count). The Morgan fingerprint density at radius 3 is 2.38 bits per heavy atom. The average Bonchev–Trinajstić information content (AvgIpc) is 3.24. The summed E-state index contributed by atoms with van der Waals surface area (Å²) >= 11 is 0. The number of carbonyl (C=O) groups is 1. The zero-order valence-electron chi connectivity index (χ0n) is 19.6. The van der Waals surface area contributed by atoms with Crippen LogP contribution in [-0.4, -0.2) is 42.0 Å². The monoisotopic (exact) mass is 399 g/mol. The minimum absolute atomic E-state index is 0.187. The molecule has 9 atom stereocenters. The van der Waals surface area contributed by atoms with Crippen molar-refractivity contribution in [3.8, 4) is 0 Å². The van der Waals surface area contributed by atoms with Gasteiger partial charge in [-0.05, 0) is 99.1 Å². The summed E-state index contributed by atoms with van der Waals surface area (Å²) in [4.78, 5) is 15.0. The van der Waals surface area contributed by atoms with Gasteiger partial charge in [-0.3, -0.25) is 4.79 Å². The first-order valence-corrected chi connectivity index (χ1v) is 12.0. The number of allylic oxidation sites excluding steroid dienone is 2. The zero-order chi connectivity index (χ0) is 21.2. The lowest BCUT2D eigenvalue weighted by Crippen LogP contribution is -2.57. The van der Waals surface area contributed by atoms with Gasteiger partial charge in [0, 0.05) is 17.4 Å². The molecule has 162 valence electrons. The Bertz CT molecular complexity index is 786. The van der Waals surface area contributed by atoms with E-state index in [1.165, 1.54) is 32.1 Å².